The van der Waals surface area contributed by atoms with Gasteiger partial charge < -0.3 is 10.2 Å². The molecule has 1 saturated heterocycles. The maximum atomic E-state index is 13.0. The highest BCUT2D eigenvalue weighted by atomic mass is 16.6. The lowest BCUT2D eigenvalue weighted by molar-refractivity contribution is -0.385. The van der Waals surface area contributed by atoms with Gasteiger partial charge in [-0.15, -0.1) is 0 Å². The fraction of sp³-hybridized carbons (Fsp3) is 0.318. The van der Waals surface area contributed by atoms with Crippen LogP contribution in [0, 0.1) is 10.1 Å². The molecule has 160 valence electrons. The van der Waals surface area contributed by atoms with E-state index in [0.29, 0.717) is 5.69 Å². The molecule has 0 bridgehead atoms. The summed E-state index contributed by atoms with van der Waals surface area (Å²) in [6, 6.07) is 10.2. The number of hydrogen-bond donors (Lipinski definition) is 1. The summed E-state index contributed by atoms with van der Waals surface area (Å²) in [4.78, 5) is 52.2. The van der Waals surface area contributed by atoms with Crippen molar-refractivity contribution < 1.29 is 19.3 Å². The maximum absolute atomic E-state index is 13.0. The lowest BCUT2D eigenvalue weighted by Gasteiger charge is -2.31. The predicted molar refractivity (Wildman–Crippen MR) is 114 cm³/mol. The largest absolute Gasteiger partial charge is 0.370 e. The zero-order valence-corrected chi connectivity index (χ0v) is 17.0. The van der Waals surface area contributed by atoms with Gasteiger partial charge in [0.2, 0.25) is 5.91 Å². The van der Waals surface area contributed by atoms with Crippen LogP contribution in [0.25, 0.3) is 0 Å². The van der Waals surface area contributed by atoms with E-state index < -0.39 is 34.4 Å². The molecule has 9 nitrogen and oxygen atoms in total. The highest BCUT2D eigenvalue weighted by Crippen LogP contribution is 2.33. The van der Waals surface area contributed by atoms with Crippen molar-refractivity contribution in [3.8, 4) is 0 Å². The quantitative estimate of drug-likeness (QED) is 0.450. The molecule has 0 unspecified atom stereocenters. The number of nitro groups is 1. The number of fused-ring (bicyclic) bond motifs is 1. The molecule has 1 N–H and O–H groups in total. The van der Waals surface area contributed by atoms with Crippen LogP contribution in [0.1, 0.15) is 46.9 Å². The van der Waals surface area contributed by atoms with E-state index in [0.717, 1.165) is 36.5 Å². The van der Waals surface area contributed by atoms with Crippen LogP contribution in [-0.4, -0.2) is 46.7 Å². The van der Waals surface area contributed by atoms with Gasteiger partial charge in [0.05, 0.1) is 21.9 Å². The molecule has 0 radical (unpaired) electrons. The lowest BCUT2D eigenvalue weighted by atomic mass is 10.1. The first-order chi connectivity index (χ1) is 14.9. The van der Waals surface area contributed by atoms with Crippen LogP contribution in [0.15, 0.2) is 42.5 Å². The Balaban J connectivity index is 1.57. The summed E-state index contributed by atoms with van der Waals surface area (Å²) in [5.41, 5.74) is 0.712. The highest BCUT2D eigenvalue weighted by molar-refractivity contribution is 6.25. The second-order valence-corrected chi connectivity index (χ2v) is 7.67. The van der Waals surface area contributed by atoms with Crippen LogP contribution in [0.3, 0.4) is 0 Å². The van der Waals surface area contributed by atoms with Crippen molar-refractivity contribution in [1.82, 2.24) is 4.90 Å². The summed E-state index contributed by atoms with van der Waals surface area (Å²) in [5.74, 6) is -2.09. The Bertz CT molecular complexity index is 1080. The summed E-state index contributed by atoms with van der Waals surface area (Å²) in [6.45, 7) is 3.22. The number of benzene rings is 2. The molecule has 9 heteroatoms. The number of amides is 3. The zero-order chi connectivity index (χ0) is 22.1. The van der Waals surface area contributed by atoms with Crippen molar-refractivity contribution in [2.45, 2.75) is 32.2 Å². The minimum Gasteiger partial charge on any atom is -0.370 e. The SMILES string of the molecule is C[C@@H](C(=O)Nc1ccccc1N1CCCCC1)N1C(=O)c2cccc([N+](=O)[O-])c2C1=O. The molecule has 2 aliphatic heterocycles. The second-order valence-electron chi connectivity index (χ2n) is 7.67. The van der Waals surface area contributed by atoms with Crippen LogP contribution in [0.5, 0.6) is 0 Å². The molecule has 2 heterocycles. The number of nitrogens with one attached hydrogen (secondary N) is 1. The van der Waals surface area contributed by atoms with Gasteiger partial charge in [-0.05, 0) is 44.4 Å². The average Bonchev–Trinajstić information content (AvgIpc) is 3.04. The number of carbonyl (C=O) groups excluding carboxylic acids is 3. The van der Waals surface area contributed by atoms with Crippen molar-refractivity contribution in [3.05, 3.63) is 63.7 Å². The number of hydrogen-bond acceptors (Lipinski definition) is 6. The first kappa shape index (κ1) is 20.5. The second kappa shape index (κ2) is 8.17. The van der Waals surface area contributed by atoms with Gasteiger partial charge in [0.1, 0.15) is 11.6 Å². The van der Waals surface area contributed by atoms with Crippen LogP contribution < -0.4 is 10.2 Å². The van der Waals surface area contributed by atoms with E-state index in [-0.39, 0.29) is 11.1 Å². The Kier molecular flexibility index (Phi) is 5.41. The van der Waals surface area contributed by atoms with E-state index >= 15 is 0 Å². The summed E-state index contributed by atoms with van der Waals surface area (Å²) in [6.07, 6.45) is 3.33. The topological polar surface area (TPSA) is 113 Å². The van der Waals surface area contributed by atoms with E-state index in [1.165, 1.54) is 31.5 Å². The number of nitro benzene ring substituents is 1. The Hall–Kier alpha value is -3.75. The molecule has 2 aromatic rings. The smallest absolute Gasteiger partial charge is 0.282 e. The molecule has 0 aromatic heterocycles. The van der Waals surface area contributed by atoms with E-state index in [1.807, 2.05) is 12.1 Å². The Morgan fingerprint density at radius 3 is 2.45 bits per heavy atom. The van der Waals surface area contributed by atoms with Gasteiger partial charge >= 0.3 is 0 Å². The third kappa shape index (κ3) is 3.63. The van der Waals surface area contributed by atoms with Gasteiger partial charge in [0.15, 0.2) is 0 Å². The molecule has 0 aliphatic carbocycles. The van der Waals surface area contributed by atoms with Crippen LogP contribution in [-0.2, 0) is 4.79 Å². The van der Waals surface area contributed by atoms with Crippen molar-refractivity contribution >= 4 is 34.8 Å². The summed E-state index contributed by atoms with van der Waals surface area (Å²) < 4.78 is 0. The minimum atomic E-state index is -1.14. The van der Waals surface area contributed by atoms with Gasteiger partial charge in [-0.1, -0.05) is 18.2 Å². The molecule has 1 fully saturated rings. The third-order valence-corrected chi connectivity index (χ3v) is 5.75. The average molecular weight is 422 g/mol. The molecule has 1 atom stereocenters. The molecule has 3 amide bonds. The Labute approximate surface area is 178 Å². The highest BCUT2D eigenvalue weighted by Gasteiger charge is 2.44. The van der Waals surface area contributed by atoms with Gasteiger partial charge in [0, 0.05) is 19.2 Å². The Morgan fingerprint density at radius 2 is 1.74 bits per heavy atom. The van der Waals surface area contributed by atoms with Crippen molar-refractivity contribution in [1.29, 1.82) is 0 Å². The minimum absolute atomic E-state index is 0.0624. The number of rotatable bonds is 5. The van der Waals surface area contributed by atoms with E-state index in [9.17, 15) is 24.5 Å². The number of nitrogens with zero attached hydrogens (tertiary/aromatic N) is 3. The van der Waals surface area contributed by atoms with Crippen molar-refractivity contribution in [2.75, 3.05) is 23.3 Å². The summed E-state index contributed by atoms with van der Waals surface area (Å²) in [7, 11) is 0. The third-order valence-electron chi connectivity index (χ3n) is 5.75. The van der Waals surface area contributed by atoms with Gasteiger partial charge in [0.25, 0.3) is 17.5 Å². The molecule has 0 saturated carbocycles. The van der Waals surface area contributed by atoms with Crippen LogP contribution >= 0.6 is 0 Å². The first-order valence-electron chi connectivity index (χ1n) is 10.2. The predicted octanol–water partition coefficient (Wildman–Crippen LogP) is 3.21. The lowest BCUT2D eigenvalue weighted by Crippen LogP contribution is -2.45. The van der Waals surface area contributed by atoms with Crippen molar-refractivity contribution in [3.63, 3.8) is 0 Å². The monoisotopic (exact) mass is 422 g/mol. The standard InChI is InChI=1S/C22H22N4O5/c1-14(25-21(28)15-8-7-11-18(26(30)31)19(15)22(25)29)20(27)23-16-9-3-4-10-17(16)24-12-5-2-6-13-24/h3-4,7-11,14H,2,5-6,12-13H2,1H3,(H,23,27)/t14-/m0/s1. The zero-order valence-electron chi connectivity index (χ0n) is 17.0. The van der Waals surface area contributed by atoms with Gasteiger partial charge in [-0.2, -0.15) is 0 Å². The molecule has 2 aliphatic rings. The summed E-state index contributed by atoms with van der Waals surface area (Å²) >= 11 is 0. The number of anilines is 2. The number of piperidine rings is 1. The fourth-order valence-corrected chi connectivity index (χ4v) is 4.13. The van der Waals surface area contributed by atoms with E-state index in [4.69, 9.17) is 0 Å². The Morgan fingerprint density at radius 1 is 1.03 bits per heavy atom. The molecular weight excluding hydrogens is 400 g/mol. The first-order valence-corrected chi connectivity index (χ1v) is 10.2. The summed E-state index contributed by atoms with van der Waals surface area (Å²) in [5, 5.41) is 14.1. The van der Waals surface area contributed by atoms with Crippen LogP contribution in [0.2, 0.25) is 0 Å². The molecule has 0 spiro atoms. The number of carbonyl (C=O) groups is 3. The van der Waals surface area contributed by atoms with E-state index in [2.05, 4.69) is 10.2 Å². The van der Waals surface area contributed by atoms with Crippen LogP contribution in [0.4, 0.5) is 17.1 Å². The molecule has 31 heavy (non-hydrogen) atoms. The van der Waals surface area contributed by atoms with Crippen molar-refractivity contribution in [2.24, 2.45) is 0 Å². The van der Waals surface area contributed by atoms with E-state index in [1.54, 1.807) is 12.1 Å². The molecule has 2 aromatic carbocycles. The molecular formula is C22H22N4O5. The molecule has 4 rings (SSSR count). The number of para-hydroxylation sites is 2. The van der Waals surface area contributed by atoms with Gasteiger partial charge in [-0.3, -0.25) is 29.4 Å². The normalized spacial score (nSPS) is 16.8. The van der Waals surface area contributed by atoms with Gasteiger partial charge in [-0.25, -0.2) is 0 Å². The maximum Gasteiger partial charge on any atom is 0.282 e. The number of imide groups is 1. The fourth-order valence-electron chi connectivity index (χ4n) is 4.13.